The zero-order valence-electron chi connectivity index (χ0n) is 20.5. The van der Waals surface area contributed by atoms with Crippen LogP contribution in [0.15, 0.2) is 43.1 Å². The molecule has 0 aliphatic carbocycles. The van der Waals surface area contributed by atoms with Gasteiger partial charge in [-0.2, -0.15) is 0 Å². The molecule has 11 heteroatoms. The van der Waals surface area contributed by atoms with E-state index in [9.17, 15) is 9.59 Å². The minimum absolute atomic E-state index is 0.0830. The first-order valence-corrected chi connectivity index (χ1v) is 12.4. The molecular formula is C26H27Cl2N5O4. The van der Waals surface area contributed by atoms with E-state index in [1.165, 1.54) is 20.3 Å². The maximum absolute atomic E-state index is 12.3. The molecule has 1 fully saturated rings. The zero-order valence-corrected chi connectivity index (χ0v) is 22.0. The Labute approximate surface area is 224 Å². The van der Waals surface area contributed by atoms with Crippen molar-refractivity contribution in [2.24, 2.45) is 5.73 Å². The summed E-state index contributed by atoms with van der Waals surface area (Å²) in [7, 11) is 3.05. The molecule has 0 radical (unpaired) electrons. The Balaban J connectivity index is 1.58. The minimum Gasteiger partial charge on any atom is -0.495 e. The summed E-state index contributed by atoms with van der Waals surface area (Å²) in [5.74, 6) is 0.754. The van der Waals surface area contributed by atoms with E-state index in [1.807, 2.05) is 18.2 Å². The molecule has 2 aromatic carbocycles. The van der Waals surface area contributed by atoms with Gasteiger partial charge in [0.15, 0.2) is 0 Å². The second-order valence-electron chi connectivity index (χ2n) is 8.68. The van der Waals surface area contributed by atoms with Crippen molar-refractivity contribution in [1.29, 1.82) is 0 Å². The maximum atomic E-state index is 12.3. The van der Waals surface area contributed by atoms with Crippen LogP contribution < -0.4 is 20.5 Å². The summed E-state index contributed by atoms with van der Waals surface area (Å²) in [6, 6.07) is 7.05. The molecule has 2 heterocycles. The van der Waals surface area contributed by atoms with Gasteiger partial charge in [-0.3, -0.25) is 9.59 Å². The number of carbonyl (C=O) groups excluding carboxylic acids is 2. The van der Waals surface area contributed by atoms with Gasteiger partial charge in [0.25, 0.3) is 0 Å². The van der Waals surface area contributed by atoms with Gasteiger partial charge in [0.1, 0.15) is 11.5 Å². The van der Waals surface area contributed by atoms with Crippen molar-refractivity contribution in [3.8, 4) is 22.6 Å². The summed E-state index contributed by atoms with van der Waals surface area (Å²) in [5, 5.41) is 4.84. The smallest absolute Gasteiger partial charge is 0.246 e. The average Bonchev–Trinajstić information content (AvgIpc) is 3.29. The number of methoxy groups -OCH3 is 2. The van der Waals surface area contributed by atoms with Crippen LogP contribution in [0.4, 0.5) is 5.95 Å². The first-order valence-electron chi connectivity index (χ1n) is 11.6. The second kappa shape index (κ2) is 11.2. The predicted molar refractivity (Wildman–Crippen MR) is 144 cm³/mol. The third kappa shape index (κ3) is 5.57. The highest BCUT2D eigenvalue weighted by atomic mass is 35.5. The zero-order chi connectivity index (χ0) is 26.7. The van der Waals surface area contributed by atoms with Gasteiger partial charge in [-0.1, -0.05) is 35.8 Å². The Morgan fingerprint density at radius 1 is 1.22 bits per heavy atom. The van der Waals surface area contributed by atoms with Gasteiger partial charge < -0.3 is 25.4 Å². The topological polar surface area (TPSA) is 120 Å². The van der Waals surface area contributed by atoms with E-state index in [4.69, 9.17) is 38.4 Å². The van der Waals surface area contributed by atoms with Crippen molar-refractivity contribution >= 4 is 51.9 Å². The van der Waals surface area contributed by atoms with Gasteiger partial charge in [-0.05, 0) is 36.6 Å². The van der Waals surface area contributed by atoms with Crippen molar-refractivity contribution in [2.75, 3.05) is 26.1 Å². The lowest BCUT2D eigenvalue weighted by Crippen LogP contribution is -2.35. The lowest BCUT2D eigenvalue weighted by atomic mass is 10.0. The second-order valence-corrected chi connectivity index (χ2v) is 9.44. The Bertz CT molecular complexity index is 1340. The molecular weight excluding hydrogens is 517 g/mol. The molecule has 9 nitrogen and oxygen atoms in total. The number of fused-ring (bicyclic) bond motifs is 1. The summed E-state index contributed by atoms with van der Waals surface area (Å²) in [6.07, 6.45) is 4.33. The number of primary amides is 1. The van der Waals surface area contributed by atoms with Gasteiger partial charge in [-0.25, -0.2) is 9.97 Å². The number of hydrogen-bond donors (Lipinski definition) is 2. The van der Waals surface area contributed by atoms with Gasteiger partial charge in [0.2, 0.25) is 17.8 Å². The van der Waals surface area contributed by atoms with Crippen LogP contribution >= 0.6 is 23.2 Å². The molecule has 3 aromatic rings. The number of halogens is 2. The SMILES string of the molecule is C=CC(=O)N1C[C@@H](Nc2ncc3cc(-c4c(Cl)c(OC)cc(OC)c4Cl)ccc3n2)C[C@@H]1CCC(N)=O. The van der Waals surface area contributed by atoms with E-state index in [-0.39, 0.29) is 24.4 Å². The van der Waals surface area contributed by atoms with Crippen molar-refractivity contribution in [2.45, 2.75) is 31.3 Å². The van der Waals surface area contributed by atoms with Gasteiger partial charge in [-0.15, -0.1) is 0 Å². The van der Waals surface area contributed by atoms with Gasteiger partial charge in [0.05, 0.1) is 29.8 Å². The number of amides is 2. The standard InChI is InChI=1S/C26H27Cl2N5O4/c1-4-22(35)33-13-16(10-17(33)6-8-21(29)34)31-26-30-12-15-9-14(5-7-18(15)32-26)23-24(27)19(36-2)11-20(37-3)25(23)28/h4-5,7,9,11-12,16-17H,1,6,8,10,13H2,2-3H3,(H2,29,34)(H,30,31,32)/t16-,17-/m0/s1. The normalized spacial score (nSPS) is 17.0. The van der Waals surface area contributed by atoms with E-state index in [1.54, 1.807) is 17.2 Å². The summed E-state index contributed by atoms with van der Waals surface area (Å²) >= 11 is 13.2. The van der Waals surface area contributed by atoms with E-state index in [2.05, 4.69) is 21.9 Å². The molecule has 37 heavy (non-hydrogen) atoms. The van der Waals surface area contributed by atoms with Crippen molar-refractivity contribution in [3.05, 3.63) is 53.2 Å². The number of aromatic nitrogens is 2. The monoisotopic (exact) mass is 543 g/mol. The average molecular weight is 544 g/mol. The van der Waals surface area contributed by atoms with E-state index in [0.29, 0.717) is 58.0 Å². The van der Waals surface area contributed by atoms with Crippen LogP contribution in [-0.2, 0) is 9.59 Å². The summed E-state index contributed by atoms with van der Waals surface area (Å²) in [5.41, 5.74) is 7.36. The fraction of sp³-hybridized carbons (Fsp3) is 0.308. The fourth-order valence-corrected chi connectivity index (χ4v) is 5.29. The summed E-state index contributed by atoms with van der Waals surface area (Å²) < 4.78 is 10.8. The number of likely N-dealkylation sites (tertiary alicyclic amines) is 1. The minimum atomic E-state index is -0.394. The number of anilines is 1. The Hall–Kier alpha value is -3.56. The summed E-state index contributed by atoms with van der Waals surface area (Å²) in [4.78, 5) is 34.4. The van der Waals surface area contributed by atoms with Crippen LogP contribution in [0.25, 0.3) is 22.0 Å². The number of carbonyl (C=O) groups is 2. The Kier molecular flexibility index (Phi) is 8.04. The third-order valence-electron chi connectivity index (χ3n) is 6.37. The largest absolute Gasteiger partial charge is 0.495 e. The molecule has 194 valence electrons. The van der Waals surface area contributed by atoms with Crippen LogP contribution in [0.1, 0.15) is 19.3 Å². The first kappa shape index (κ1) is 26.5. The van der Waals surface area contributed by atoms with Crippen LogP contribution in [0.5, 0.6) is 11.5 Å². The quantitative estimate of drug-likeness (QED) is 0.382. The lowest BCUT2D eigenvalue weighted by Gasteiger charge is -2.22. The van der Waals surface area contributed by atoms with Gasteiger partial charge in [0, 0.05) is 48.3 Å². The number of hydrogen-bond acceptors (Lipinski definition) is 7. The van der Waals surface area contributed by atoms with Crippen LogP contribution in [0.3, 0.4) is 0 Å². The van der Waals surface area contributed by atoms with Gasteiger partial charge >= 0.3 is 0 Å². The molecule has 1 aliphatic heterocycles. The molecule has 0 spiro atoms. The van der Waals surface area contributed by atoms with Crippen molar-refractivity contribution in [3.63, 3.8) is 0 Å². The molecule has 2 amide bonds. The molecule has 0 unspecified atom stereocenters. The molecule has 0 saturated carbocycles. The first-order chi connectivity index (χ1) is 17.7. The van der Waals surface area contributed by atoms with Crippen molar-refractivity contribution in [1.82, 2.24) is 14.9 Å². The predicted octanol–water partition coefficient (Wildman–Crippen LogP) is 4.45. The molecule has 1 aliphatic rings. The van der Waals surface area contributed by atoms with Crippen LogP contribution in [-0.4, -0.2) is 59.5 Å². The van der Waals surface area contributed by atoms with E-state index >= 15 is 0 Å². The summed E-state index contributed by atoms with van der Waals surface area (Å²) in [6.45, 7) is 4.03. The number of nitrogens with zero attached hydrogens (tertiary/aromatic N) is 3. The third-order valence-corrected chi connectivity index (χ3v) is 7.12. The molecule has 4 rings (SSSR count). The number of benzene rings is 2. The molecule has 3 N–H and O–H groups in total. The molecule has 0 bridgehead atoms. The number of nitrogens with one attached hydrogen (secondary N) is 1. The van der Waals surface area contributed by atoms with Crippen molar-refractivity contribution < 1.29 is 19.1 Å². The molecule has 1 aromatic heterocycles. The number of rotatable bonds is 9. The van der Waals surface area contributed by atoms with E-state index in [0.717, 1.165) is 10.9 Å². The van der Waals surface area contributed by atoms with Crippen LogP contribution in [0, 0.1) is 0 Å². The van der Waals surface area contributed by atoms with E-state index < -0.39 is 5.91 Å². The lowest BCUT2D eigenvalue weighted by molar-refractivity contribution is -0.127. The van der Waals surface area contributed by atoms with Crippen LogP contribution in [0.2, 0.25) is 10.0 Å². The molecule has 1 saturated heterocycles. The highest BCUT2D eigenvalue weighted by Gasteiger charge is 2.34. The Morgan fingerprint density at radius 2 is 1.92 bits per heavy atom. The number of nitrogens with two attached hydrogens (primary N) is 1. The Morgan fingerprint density at radius 3 is 2.54 bits per heavy atom. The fourth-order valence-electron chi connectivity index (χ4n) is 4.57. The molecule has 2 atom stereocenters. The highest BCUT2D eigenvalue weighted by Crippen LogP contribution is 2.46. The highest BCUT2D eigenvalue weighted by molar-refractivity contribution is 6.41. The maximum Gasteiger partial charge on any atom is 0.246 e. The number of ether oxygens (including phenoxy) is 2.